The lowest BCUT2D eigenvalue weighted by molar-refractivity contribution is -0.383. The Balaban J connectivity index is 2.73. The third kappa shape index (κ3) is 1.74. The van der Waals surface area contributed by atoms with Crippen LogP contribution < -0.4 is 0 Å². The Hall–Kier alpha value is -1.97. The number of hydrogen-bond donors (Lipinski definition) is 0. The van der Waals surface area contributed by atoms with E-state index in [9.17, 15) is 10.1 Å². The number of nitro groups is 1. The molecule has 0 radical (unpaired) electrons. The van der Waals surface area contributed by atoms with Gasteiger partial charge in [0, 0.05) is 17.1 Å². The monoisotopic (exact) mass is 216 g/mol. The van der Waals surface area contributed by atoms with Crippen LogP contribution in [-0.4, -0.2) is 9.91 Å². The molecule has 0 saturated heterocycles. The standard InChI is InChI=1S/C12H12N2O2/c1-8(2)10-7-6-9-4-3-5-11(14(15)16)12(9)13-10/h3-8H,1-2H3. The molecule has 0 bridgehead atoms. The van der Waals surface area contributed by atoms with Crippen molar-refractivity contribution in [3.63, 3.8) is 0 Å². The summed E-state index contributed by atoms with van der Waals surface area (Å²) in [4.78, 5) is 14.8. The zero-order valence-electron chi connectivity index (χ0n) is 9.18. The third-order valence-corrected chi connectivity index (χ3v) is 2.51. The van der Waals surface area contributed by atoms with E-state index in [2.05, 4.69) is 4.98 Å². The summed E-state index contributed by atoms with van der Waals surface area (Å²) in [5, 5.41) is 11.7. The predicted molar refractivity (Wildman–Crippen MR) is 62.5 cm³/mol. The zero-order chi connectivity index (χ0) is 11.7. The molecule has 0 aliphatic heterocycles. The fraction of sp³-hybridized carbons (Fsp3) is 0.250. The number of aromatic nitrogens is 1. The molecule has 0 N–H and O–H groups in total. The van der Waals surface area contributed by atoms with Gasteiger partial charge >= 0.3 is 0 Å². The van der Waals surface area contributed by atoms with Crippen LogP contribution in [0.15, 0.2) is 30.3 Å². The molecule has 2 aromatic rings. The number of hydrogen-bond acceptors (Lipinski definition) is 3. The minimum Gasteiger partial charge on any atom is -0.258 e. The van der Waals surface area contributed by atoms with Crippen LogP contribution in [0.3, 0.4) is 0 Å². The SMILES string of the molecule is CC(C)c1ccc2cccc([N+](=O)[O-])c2n1. The van der Waals surface area contributed by atoms with Crippen molar-refractivity contribution in [1.82, 2.24) is 4.98 Å². The summed E-state index contributed by atoms with van der Waals surface area (Å²) in [5.74, 6) is 0.268. The summed E-state index contributed by atoms with van der Waals surface area (Å²) >= 11 is 0. The number of nitrogens with zero attached hydrogens (tertiary/aromatic N) is 2. The summed E-state index contributed by atoms with van der Waals surface area (Å²) in [5.41, 5.74) is 1.42. The normalized spacial score (nSPS) is 10.9. The molecule has 1 aromatic carbocycles. The highest BCUT2D eigenvalue weighted by Crippen LogP contribution is 2.25. The van der Waals surface area contributed by atoms with Gasteiger partial charge in [0.05, 0.1) is 4.92 Å². The molecular weight excluding hydrogens is 204 g/mol. The van der Waals surface area contributed by atoms with Crippen LogP contribution in [0, 0.1) is 10.1 Å². The predicted octanol–water partition coefficient (Wildman–Crippen LogP) is 3.27. The molecule has 16 heavy (non-hydrogen) atoms. The maximum Gasteiger partial charge on any atom is 0.295 e. The summed E-state index contributed by atoms with van der Waals surface area (Å²) in [6.07, 6.45) is 0. The Morgan fingerprint density at radius 3 is 2.62 bits per heavy atom. The van der Waals surface area contributed by atoms with Gasteiger partial charge in [-0.1, -0.05) is 32.0 Å². The molecule has 0 aliphatic rings. The van der Waals surface area contributed by atoms with Crippen molar-refractivity contribution in [2.45, 2.75) is 19.8 Å². The number of fused-ring (bicyclic) bond motifs is 1. The molecule has 0 spiro atoms. The highest BCUT2D eigenvalue weighted by molar-refractivity contribution is 5.87. The van der Waals surface area contributed by atoms with E-state index in [1.807, 2.05) is 32.0 Å². The van der Waals surface area contributed by atoms with E-state index in [-0.39, 0.29) is 16.5 Å². The Labute approximate surface area is 93.1 Å². The molecule has 0 atom stereocenters. The average Bonchev–Trinajstić information content (AvgIpc) is 2.27. The fourth-order valence-corrected chi connectivity index (χ4v) is 1.62. The van der Waals surface area contributed by atoms with Gasteiger partial charge in [0.1, 0.15) is 5.52 Å². The van der Waals surface area contributed by atoms with Gasteiger partial charge < -0.3 is 0 Å². The highest BCUT2D eigenvalue weighted by atomic mass is 16.6. The van der Waals surface area contributed by atoms with E-state index < -0.39 is 0 Å². The van der Waals surface area contributed by atoms with Gasteiger partial charge in [-0.05, 0) is 12.0 Å². The van der Waals surface area contributed by atoms with E-state index >= 15 is 0 Å². The van der Waals surface area contributed by atoms with Crippen molar-refractivity contribution in [2.24, 2.45) is 0 Å². The largest absolute Gasteiger partial charge is 0.295 e. The Kier molecular flexibility index (Phi) is 2.56. The Morgan fingerprint density at radius 2 is 2.00 bits per heavy atom. The van der Waals surface area contributed by atoms with E-state index in [1.165, 1.54) is 6.07 Å². The lowest BCUT2D eigenvalue weighted by atomic mass is 10.1. The van der Waals surface area contributed by atoms with Crippen LogP contribution in [0.1, 0.15) is 25.5 Å². The smallest absolute Gasteiger partial charge is 0.258 e. The number of nitro benzene ring substituents is 1. The van der Waals surface area contributed by atoms with Crippen LogP contribution in [0.25, 0.3) is 10.9 Å². The van der Waals surface area contributed by atoms with Gasteiger partial charge in [0.25, 0.3) is 5.69 Å². The second-order valence-electron chi connectivity index (χ2n) is 4.00. The second kappa shape index (κ2) is 3.89. The lowest BCUT2D eigenvalue weighted by Gasteiger charge is -2.05. The Bertz CT molecular complexity index is 550. The fourth-order valence-electron chi connectivity index (χ4n) is 1.62. The highest BCUT2D eigenvalue weighted by Gasteiger charge is 2.13. The third-order valence-electron chi connectivity index (χ3n) is 2.51. The van der Waals surface area contributed by atoms with Crippen LogP contribution in [0.2, 0.25) is 0 Å². The number of non-ortho nitro benzene ring substituents is 1. The molecule has 1 aromatic heterocycles. The maximum atomic E-state index is 10.9. The molecule has 0 fully saturated rings. The van der Waals surface area contributed by atoms with Gasteiger partial charge in [0.15, 0.2) is 0 Å². The zero-order valence-corrected chi connectivity index (χ0v) is 9.18. The summed E-state index contributed by atoms with van der Waals surface area (Å²) in [7, 11) is 0. The molecule has 1 heterocycles. The van der Waals surface area contributed by atoms with E-state index in [4.69, 9.17) is 0 Å². The van der Waals surface area contributed by atoms with Gasteiger partial charge in [-0.25, -0.2) is 4.98 Å². The van der Waals surface area contributed by atoms with Gasteiger partial charge in [0.2, 0.25) is 0 Å². The molecule has 0 unspecified atom stereocenters. The quantitative estimate of drug-likeness (QED) is 0.571. The average molecular weight is 216 g/mol. The first-order chi connectivity index (χ1) is 7.59. The number of para-hydroxylation sites is 1. The summed E-state index contributed by atoms with van der Waals surface area (Å²) in [6, 6.07) is 8.79. The summed E-state index contributed by atoms with van der Waals surface area (Å²) < 4.78 is 0. The molecule has 82 valence electrons. The molecule has 0 saturated carbocycles. The first kappa shape index (κ1) is 10.5. The lowest BCUT2D eigenvalue weighted by Crippen LogP contribution is -1.96. The molecule has 4 heteroatoms. The van der Waals surface area contributed by atoms with Crippen molar-refractivity contribution in [2.75, 3.05) is 0 Å². The van der Waals surface area contributed by atoms with Gasteiger partial charge in [-0.15, -0.1) is 0 Å². The van der Waals surface area contributed by atoms with Crippen LogP contribution in [0.4, 0.5) is 5.69 Å². The first-order valence-electron chi connectivity index (χ1n) is 5.13. The topological polar surface area (TPSA) is 56.0 Å². The first-order valence-corrected chi connectivity index (χ1v) is 5.13. The summed E-state index contributed by atoms with van der Waals surface area (Å²) in [6.45, 7) is 4.03. The Morgan fingerprint density at radius 1 is 1.25 bits per heavy atom. The van der Waals surface area contributed by atoms with Crippen molar-refractivity contribution < 1.29 is 4.92 Å². The van der Waals surface area contributed by atoms with Crippen molar-refractivity contribution in [1.29, 1.82) is 0 Å². The molecule has 2 rings (SSSR count). The number of rotatable bonds is 2. The molecule has 0 amide bonds. The van der Waals surface area contributed by atoms with E-state index in [0.717, 1.165) is 11.1 Å². The van der Waals surface area contributed by atoms with Crippen LogP contribution in [-0.2, 0) is 0 Å². The van der Waals surface area contributed by atoms with E-state index in [1.54, 1.807) is 6.07 Å². The second-order valence-corrected chi connectivity index (χ2v) is 4.00. The maximum absolute atomic E-state index is 10.9. The van der Waals surface area contributed by atoms with E-state index in [0.29, 0.717) is 5.52 Å². The van der Waals surface area contributed by atoms with Crippen molar-refractivity contribution in [3.8, 4) is 0 Å². The van der Waals surface area contributed by atoms with Gasteiger partial charge in [-0.2, -0.15) is 0 Å². The minimum absolute atomic E-state index is 0.0694. The molecule has 0 aliphatic carbocycles. The van der Waals surface area contributed by atoms with Crippen LogP contribution in [0.5, 0.6) is 0 Å². The molecule has 4 nitrogen and oxygen atoms in total. The van der Waals surface area contributed by atoms with Crippen LogP contribution >= 0.6 is 0 Å². The van der Waals surface area contributed by atoms with Crippen molar-refractivity contribution >= 4 is 16.6 Å². The van der Waals surface area contributed by atoms with Crippen molar-refractivity contribution in [3.05, 3.63) is 46.1 Å². The minimum atomic E-state index is -0.389. The number of benzene rings is 1. The molecular formula is C12H12N2O2. The van der Waals surface area contributed by atoms with Gasteiger partial charge in [-0.3, -0.25) is 10.1 Å². The number of pyridine rings is 1.